The zero-order chi connectivity index (χ0) is 20.4. The van der Waals surface area contributed by atoms with Gasteiger partial charge in [0.05, 0.1) is 13.2 Å². The first-order chi connectivity index (χ1) is 13.6. The lowest BCUT2D eigenvalue weighted by molar-refractivity contribution is -0.232. The predicted octanol–water partition coefficient (Wildman–Crippen LogP) is 2.72. The van der Waals surface area contributed by atoms with Crippen molar-refractivity contribution in [3.05, 3.63) is 29.8 Å². The summed E-state index contributed by atoms with van der Waals surface area (Å²) in [5.41, 5.74) is 0.610. The van der Waals surface area contributed by atoms with Crippen LogP contribution in [-0.4, -0.2) is 58.1 Å². The van der Waals surface area contributed by atoms with Crippen molar-refractivity contribution in [2.24, 2.45) is 0 Å². The molecule has 1 aromatic carbocycles. The van der Waals surface area contributed by atoms with E-state index in [2.05, 4.69) is 6.92 Å². The van der Waals surface area contributed by atoms with Gasteiger partial charge in [0.15, 0.2) is 0 Å². The summed E-state index contributed by atoms with van der Waals surface area (Å²) >= 11 is 0. The van der Waals surface area contributed by atoms with Crippen LogP contribution in [0.2, 0.25) is 0 Å². The maximum Gasteiger partial charge on any atom is 0.125 e. The van der Waals surface area contributed by atoms with Crippen LogP contribution in [0.15, 0.2) is 24.3 Å². The molecule has 1 heterocycles. The summed E-state index contributed by atoms with van der Waals surface area (Å²) in [5.74, 6) is 0.592. The number of aliphatic hydroxyl groups excluding tert-OH is 4. The molecule has 6 heteroatoms. The smallest absolute Gasteiger partial charge is 0.125 e. The first kappa shape index (κ1) is 23.1. The van der Waals surface area contributed by atoms with Gasteiger partial charge in [-0.2, -0.15) is 0 Å². The minimum atomic E-state index is -1.39. The summed E-state index contributed by atoms with van der Waals surface area (Å²) in [7, 11) is 0. The standard InChI is InChI=1S/C22H36O6/c1-2-3-4-5-6-7-8-11-14-27-17-13-10-9-12-16(17)22-21(26)20(25)19(24)18(15-23)28-22/h9-10,12-13,18-26H,2-8,11,14-15H2,1H3/t18-,19+,20+,21-,22?/m1/s1. The lowest BCUT2D eigenvalue weighted by Gasteiger charge is -2.40. The molecule has 1 aromatic rings. The number of hydrogen-bond acceptors (Lipinski definition) is 6. The first-order valence-electron chi connectivity index (χ1n) is 10.6. The molecule has 0 radical (unpaired) electrons. The molecule has 0 spiro atoms. The fraction of sp³-hybridized carbons (Fsp3) is 0.727. The third-order valence-electron chi connectivity index (χ3n) is 5.37. The normalized spacial score (nSPS) is 27.7. The first-order valence-corrected chi connectivity index (χ1v) is 10.6. The summed E-state index contributed by atoms with van der Waals surface area (Å²) in [4.78, 5) is 0. The molecule has 1 aliphatic rings. The van der Waals surface area contributed by atoms with Gasteiger partial charge < -0.3 is 29.9 Å². The van der Waals surface area contributed by atoms with E-state index >= 15 is 0 Å². The molecule has 0 aromatic heterocycles. The fourth-order valence-corrected chi connectivity index (χ4v) is 3.62. The molecular weight excluding hydrogens is 360 g/mol. The van der Waals surface area contributed by atoms with Crippen LogP contribution in [0.5, 0.6) is 5.75 Å². The Hall–Kier alpha value is -1.18. The lowest BCUT2D eigenvalue weighted by atomic mass is 9.91. The fourth-order valence-electron chi connectivity index (χ4n) is 3.62. The van der Waals surface area contributed by atoms with Gasteiger partial charge in [-0.1, -0.05) is 70.1 Å². The number of unbranched alkanes of at least 4 members (excludes halogenated alkanes) is 7. The monoisotopic (exact) mass is 396 g/mol. The van der Waals surface area contributed by atoms with Gasteiger partial charge in [-0.25, -0.2) is 0 Å². The van der Waals surface area contributed by atoms with Gasteiger partial charge in [0, 0.05) is 5.56 Å². The molecule has 5 atom stereocenters. The Morgan fingerprint density at radius 1 is 0.857 bits per heavy atom. The number of hydrogen-bond donors (Lipinski definition) is 4. The SMILES string of the molecule is CCCCCCCCCCOc1ccccc1C1O[C@H](CO)[C@H](O)[C@H](O)[C@H]1O. The Labute approximate surface area is 168 Å². The van der Waals surface area contributed by atoms with E-state index in [0.717, 1.165) is 12.8 Å². The van der Waals surface area contributed by atoms with Crippen LogP contribution in [0.1, 0.15) is 70.0 Å². The van der Waals surface area contributed by atoms with Crippen LogP contribution >= 0.6 is 0 Å². The van der Waals surface area contributed by atoms with Crippen LogP contribution in [0.3, 0.4) is 0 Å². The minimum absolute atomic E-state index is 0.442. The van der Waals surface area contributed by atoms with Crippen LogP contribution in [-0.2, 0) is 4.74 Å². The van der Waals surface area contributed by atoms with Crippen molar-refractivity contribution in [1.29, 1.82) is 0 Å². The van der Waals surface area contributed by atoms with Crippen molar-refractivity contribution >= 4 is 0 Å². The zero-order valence-corrected chi connectivity index (χ0v) is 16.9. The van der Waals surface area contributed by atoms with Gasteiger partial charge in [0.25, 0.3) is 0 Å². The van der Waals surface area contributed by atoms with Crippen LogP contribution in [0.4, 0.5) is 0 Å². The number of aliphatic hydroxyl groups is 4. The number of para-hydroxylation sites is 1. The lowest BCUT2D eigenvalue weighted by Crippen LogP contribution is -2.55. The van der Waals surface area contributed by atoms with E-state index in [0.29, 0.717) is 17.9 Å². The topological polar surface area (TPSA) is 99.4 Å². The summed E-state index contributed by atoms with van der Waals surface area (Å²) < 4.78 is 11.6. The molecule has 160 valence electrons. The second-order valence-corrected chi connectivity index (χ2v) is 7.61. The highest BCUT2D eigenvalue weighted by molar-refractivity contribution is 5.36. The number of ether oxygens (including phenoxy) is 2. The van der Waals surface area contributed by atoms with Gasteiger partial charge in [0.1, 0.15) is 36.3 Å². The molecule has 28 heavy (non-hydrogen) atoms. The molecule has 1 aliphatic heterocycles. The van der Waals surface area contributed by atoms with E-state index < -0.39 is 37.1 Å². The van der Waals surface area contributed by atoms with Crippen LogP contribution < -0.4 is 4.74 Å². The quantitative estimate of drug-likeness (QED) is 0.406. The zero-order valence-electron chi connectivity index (χ0n) is 16.9. The van der Waals surface area contributed by atoms with E-state index in [4.69, 9.17) is 9.47 Å². The summed E-state index contributed by atoms with van der Waals surface area (Å²) in [6.45, 7) is 2.35. The third kappa shape index (κ3) is 6.42. The second kappa shape index (κ2) is 12.4. The molecule has 1 fully saturated rings. The van der Waals surface area contributed by atoms with Crippen LogP contribution in [0, 0.1) is 0 Å². The molecule has 0 amide bonds. The third-order valence-corrected chi connectivity index (χ3v) is 5.37. The molecule has 0 bridgehead atoms. The highest BCUT2D eigenvalue weighted by Crippen LogP contribution is 2.36. The van der Waals surface area contributed by atoms with Crippen molar-refractivity contribution in [2.45, 2.75) is 88.8 Å². The molecule has 2 rings (SSSR count). The molecule has 0 aliphatic carbocycles. The van der Waals surface area contributed by atoms with Gasteiger partial charge in [-0.3, -0.25) is 0 Å². The predicted molar refractivity (Wildman–Crippen MR) is 107 cm³/mol. The minimum Gasteiger partial charge on any atom is -0.493 e. The van der Waals surface area contributed by atoms with E-state index in [1.807, 2.05) is 12.1 Å². The van der Waals surface area contributed by atoms with E-state index in [1.54, 1.807) is 12.1 Å². The maximum atomic E-state index is 10.4. The Balaban J connectivity index is 1.85. The maximum absolute atomic E-state index is 10.4. The average molecular weight is 397 g/mol. The highest BCUT2D eigenvalue weighted by atomic mass is 16.5. The Bertz CT molecular complexity index is 550. The molecule has 1 unspecified atom stereocenters. The second-order valence-electron chi connectivity index (χ2n) is 7.61. The van der Waals surface area contributed by atoms with Gasteiger partial charge in [0.2, 0.25) is 0 Å². The Morgan fingerprint density at radius 3 is 2.18 bits per heavy atom. The van der Waals surface area contributed by atoms with Crippen molar-refractivity contribution in [2.75, 3.05) is 13.2 Å². The summed E-state index contributed by atoms with van der Waals surface area (Å²) in [6, 6.07) is 7.23. The molecule has 1 saturated heterocycles. The van der Waals surface area contributed by atoms with Gasteiger partial charge in [-0.05, 0) is 12.5 Å². The Kier molecular flexibility index (Phi) is 10.2. The largest absolute Gasteiger partial charge is 0.493 e. The summed E-state index contributed by atoms with van der Waals surface area (Å²) in [5, 5.41) is 39.7. The van der Waals surface area contributed by atoms with Crippen molar-refractivity contribution in [3.63, 3.8) is 0 Å². The van der Waals surface area contributed by atoms with Crippen molar-refractivity contribution in [1.82, 2.24) is 0 Å². The van der Waals surface area contributed by atoms with E-state index in [1.165, 1.54) is 38.5 Å². The Morgan fingerprint density at radius 2 is 1.50 bits per heavy atom. The molecule has 4 N–H and O–H groups in total. The van der Waals surface area contributed by atoms with Gasteiger partial charge >= 0.3 is 0 Å². The van der Waals surface area contributed by atoms with Crippen molar-refractivity contribution in [3.8, 4) is 5.75 Å². The number of rotatable bonds is 12. The van der Waals surface area contributed by atoms with E-state index in [9.17, 15) is 20.4 Å². The highest BCUT2D eigenvalue weighted by Gasteiger charge is 2.44. The van der Waals surface area contributed by atoms with Crippen LogP contribution in [0.25, 0.3) is 0 Å². The summed E-state index contributed by atoms with van der Waals surface area (Å²) in [6.07, 6.45) is 3.90. The van der Waals surface area contributed by atoms with Crippen molar-refractivity contribution < 1.29 is 29.9 Å². The van der Waals surface area contributed by atoms with E-state index in [-0.39, 0.29) is 0 Å². The van der Waals surface area contributed by atoms with Gasteiger partial charge in [-0.15, -0.1) is 0 Å². The molecular formula is C22H36O6. The molecule has 0 saturated carbocycles. The molecule has 6 nitrogen and oxygen atoms in total. The average Bonchev–Trinajstić information content (AvgIpc) is 2.71. The number of benzene rings is 1.